The number of methoxy groups -OCH3 is 3. The van der Waals surface area contributed by atoms with Gasteiger partial charge in [-0.15, -0.1) is 10.2 Å². The maximum atomic E-state index is 13.6. The van der Waals surface area contributed by atoms with Crippen molar-refractivity contribution in [2.24, 2.45) is 4.99 Å². The summed E-state index contributed by atoms with van der Waals surface area (Å²) in [5.41, 5.74) is 4.15. The third kappa shape index (κ3) is 8.02. The standard InChI is InChI=1S/C23H22FN5O2.C21H20FN3OS/c1-30-14-21-26-27-23(29(21)18-7-9-22(31-2)25-11-18)28-12-16(13-28)19-5-3-4-15-10-17(24)6-8-20(15)19;1-26-20-9-7-17(11-23-20)24-21(27-2)25-12-15(13-25)18-5-3-4-14-10-16(22)6-8-19(14)18/h3-11,16H,12-14H2,1-2H3;3-11,15H,12-13H2,1-2H3. The molecule has 0 unspecified atom stereocenters. The van der Waals surface area contributed by atoms with Gasteiger partial charge >= 0.3 is 0 Å². The minimum atomic E-state index is -0.216. The summed E-state index contributed by atoms with van der Waals surface area (Å²) >= 11 is 1.63. The highest BCUT2D eigenvalue weighted by molar-refractivity contribution is 8.13. The molecule has 14 heteroatoms. The van der Waals surface area contributed by atoms with Crippen LogP contribution in [0.25, 0.3) is 27.2 Å². The van der Waals surface area contributed by atoms with Crippen molar-refractivity contribution >= 4 is 50.1 Å². The minimum Gasteiger partial charge on any atom is -0.481 e. The second-order valence-corrected chi connectivity index (χ2v) is 14.8. The molecule has 0 amide bonds. The van der Waals surface area contributed by atoms with E-state index in [1.807, 2.05) is 71.5 Å². The van der Waals surface area contributed by atoms with Gasteiger partial charge in [0, 0.05) is 57.3 Å². The summed E-state index contributed by atoms with van der Waals surface area (Å²) in [6.07, 6.45) is 5.48. The summed E-state index contributed by atoms with van der Waals surface area (Å²) in [7, 11) is 4.82. The Bertz CT molecular complexity index is 2560. The molecule has 3 aromatic heterocycles. The van der Waals surface area contributed by atoms with Gasteiger partial charge in [0.15, 0.2) is 11.0 Å². The topological polar surface area (TPSA) is 103 Å². The normalized spacial score (nSPS) is 14.6. The zero-order valence-corrected chi connectivity index (χ0v) is 33.4. The van der Waals surface area contributed by atoms with Crippen molar-refractivity contribution in [2.45, 2.75) is 18.4 Å². The van der Waals surface area contributed by atoms with Crippen LogP contribution < -0.4 is 14.4 Å². The molecule has 2 fully saturated rings. The van der Waals surface area contributed by atoms with Crippen molar-refractivity contribution in [1.29, 1.82) is 0 Å². The Kier molecular flexibility index (Phi) is 11.5. The molecule has 9 rings (SSSR count). The third-order valence-electron chi connectivity index (χ3n) is 10.5. The van der Waals surface area contributed by atoms with Gasteiger partial charge in [0.05, 0.1) is 38.0 Å². The Labute approximate surface area is 339 Å². The van der Waals surface area contributed by atoms with E-state index in [0.29, 0.717) is 36.0 Å². The first-order valence-corrected chi connectivity index (χ1v) is 20.0. The fourth-order valence-corrected chi connectivity index (χ4v) is 8.08. The second-order valence-electron chi connectivity index (χ2n) is 14.0. The molecule has 7 aromatic rings. The molecule has 0 radical (unpaired) electrons. The highest BCUT2D eigenvalue weighted by Crippen LogP contribution is 2.37. The number of anilines is 1. The molecule has 0 bridgehead atoms. The number of ether oxygens (including phenoxy) is 3. The quantitative estimate of drug-likeness (QED) is 0.104. The lowest BCUT2D eigenvalue weighted by atomic mass is 9.88. The zero-order chi connectivity index (χ0) is 40.2. The van der Waals surface area contributed by atoms with Crippen LogP contribution in [0.3, 0.4) is 0 Å². The first-order chi connectivity index (χ1) is 28.3. The van der Waals surface area contributed by atoms with Gasteiger partial charge in [-0.05, 0) is 75.3 Å². The molecule has 296 valence electrons. The van der Waals surface area contributed by atoms with Crippen LogP contribution >= 0.6 is 11.8 Å². The predicted octanol–water partition coefficient (Wildman–Crippen LogP) is 8.55. The van der Waals surface area contributed by atoms with Crippen LogP contribution in [0.15, 0.2) is 114 Å². The van der Waals surface area contributed by atoms with Gasteiger partial charge in [0.2, 0.25) is 17.7 Å². The molecule has 0 atom stereocenters. The summed E-state index contributed by atoms with van der Waals surface area (Å²) in [6, 6.07) is 29.6. The SMILES string of the molecule is COCc1nnc(N2CC(c3cccc4cc(F)ccc34)C2)n1-c1ccc(OC)nc1.COc1ccc(N=C(SC)N2CC(c3cccc4cc(F)ccc34)C2)cn1. The van der Waals surface area contributed by atoms with Crippen LogP contribution in [-0.2, 0) is 11.3 Å². The summed E-state index contributed by atoms with van der Waals surface area (Å²) in [5, 5.41) is 13.8. The molecule has 0 spiro atoms. The van der Waals surface area contributed by atoms with E-state index >= 15 is 0 Å². The van der Waals surface area contributed by atoms with E-state index in [2.05, 4.69) is 42.1 Å². The smallest absolute Gasteiger partial charge is 0.232 e. The summed E-state index contributed by atoms with van der Waals surface area (Å²) in [6.45, 7) is 3.74. The molecular formula is C44H42F2N8O3S. The number of hydrogen-bond donors (Lipinski definition) is 0. The number of halogens is 2. The van der Waals surface area contributed by atoms with Gasteiger partial charge in [-0.25, -0.2) is 23.7 Å². The minimum absolute atomic E-state index is 0.195. The predicted molar refractivity (Wildman–Crippen MR) is 225 cm³/mol. The van der Waals surface area contributed by atoms with Crippen molar-refractivity contribution in [3.63, 3.8) is 0 Å². The lowest BCUT2D eigenvalue weighted by Crippen LogP contribution is -2.47. The zero-order valence-electron chi connectivity index (χ0n) is 32.5. The molecule has 2 saturated heterocycles. The number of thioether (sulfide) groups is 1. The molecule has 0 saturated carbocycles. The Morgan fingerprint density at radius 1 is 0.724 bits per heavy atom. The van der Waals surface area contributed by atoms with Gasteiger partial charge in [-0.2, -0.15) is 0 Å². The summed E-state index contributed by atoms with van der Waals surface area (Å²) in [5.74, 6) is 2.92. The van der Waals surface area contributed by atoms with Crippen LogP contribution in [0.5, 0.6) is 11.8 Å². The van der Waals surface area contributed by atoms with Crippen LogP contribution in [-0.4, -0.2) is 88.6 Å². The molecule has 58 heavy (non-hydrogen) atoms. The van der Waals surface area contributed by atoms with Crippen LogP contribution in [0.2, 0.25) is 0 Å². The van der Waals surface area contributed by atoms with E-state index in [4.69, 9.17) is 19.2 Å². The van der Waals surface area contributed by atoms with Gasteiger partial charge in [0.1, 0.15) is 18.2 Å². The average Bonchev–Trinajstić information content (AvgIpc) is 3.62. The molecule has 11 nitrogen and oxygen atoms in total. The highest BCUT2D eigenvalue weighted by Gasteiger charge is 2.34. The Morgan fingerprint density at radius 2 is 1.33 bits per heavy atom. The van der Waals surface area contributed by atoms with Gasteiger partial charge in [0.25, 0.3) is 0 Å². The molecule has 5 heterocycles. The number of hydrogen-bond acceptors (Lipinski definition) is 10. The highest BCUT2D eigenvalue weighted by atomic mass is 32.2. The van der Waals surface area contributed by atoms with Gasteiger partial charge in [-0.3, -0.25) is 4.57 Å². The summed E-state index contributed by atoms with van der Waals surface area (Å²) < 4.78 is 44.6. The van der Waals surface area contributed by atoms with E-state index in [-0.39, 0.29) is 11.6 Å². The van der Waals surface area contributed by atoms with E-state index in [1.54, 1.807) is 57.6 Å². The molecule has 2 aliphatic rings. The maximum absolute atomic E-state index is 13.6. The van der Waals surface area contributed by atoms with Crippen molar-refractivity contribution in [3.05, 3.63) is 138 Å². The summed E-state index contributed by atoms with van der Waals surface area (Å²) in [4.78, 5) is 17.7. The average molecular weight is 801 g/mol. The molecule has 2 aliphatic heterocycles. The monoisotopic (exact) mass is 800 g/mol. The fraction of sp³-hybridized carbons (Fsp3) is 0.250. The van der Waals surface area contributed by atoms with Crippen LogP contribution in [0, 0.1) is 11.6 Å². The number of amidine groups is 1. The van der Waals surface area contributed by atoms with Crippen molar-refractivity contribution < 1.29 is 23.0 Å². The second kappa shape index (κ2) is 17.2. The molecule has 0 N–H and O–H groups in total. The van der Waals surface area contributed by atoms with Gasteiger partial charge in [-0.1, -0.05) is 60.3 Å². The van der Waals surface area contributed by atoms with Crippen molar-refractivity contribution in [3.8, 4) is 17.4 Å². The molecule has 4 aromatic carbocycles. The lowest BCUT2D eigenvalue weighted by molar-refractivity contribution is 0.176. The number of aliphatic imine (C=N–C) groups is 1. The Hall–Kier alpha value is -6.12. The lowest BCUT2D eigenvalue weighted by Gasteiger charge is -2.41. The first-order valence-electron chi connectivity index (χ1n) is 18.8. The number of fused-ring (bicyclic) bond motifs is 2. The number of benzene rings is 4. The number of rotatable bonds is 9. The van der Waals surface area contributed by atoms with Crippen LogP contribution in [0.1, 0.15) is 28.8 Å². The number of pyridine rings is 2. The van der Waals surface area contributed by atoms with E-state index < -0.39 is 0 Å². The van der Waals surface area contributed by atoms with Crippen molar-refractivity contribution in [1.82, 2.24) is 29.6 Å². The van der Waals surface area contributed by atoms with E-state index in [0.717, 1.165) is 70.2 Å². The third-order valence-corrected chi connectivity index (χ3v) is 11.2. The van der Waals surface area contributed by atoms with Gasteiger partial charge < -0.3 is 24.0 Å². The largest absolute Gasteiger partial charge is 0.481 e. The molecule has 0 aliphatic carbocycles. The number of aromatic nitrogens is 5. The maximum Gasteiger partial charge on any atom is 0.232 e. The first kappa shape index (κ1) is 38.7. The number of likely N-dealkylation sites (tertiary alicyclic amines) is 1. The van der Waals surface area contributed by atoms with Crippen molar-refractivity contribution in [2.75, 3.05) is 58.7 Å². The number of nitrogens with zero attached hydrogens (tertiary/aromatic N) is 8. The van der Waals surface area contributed by atoms with E-state index in [9.17, 15) is 8.78 Å². The van der Waals surface area contributed by atoms with E-state index in [1.165, 1.54) is 23.3 Å². The molecular weight excluding hydrogens is 759 g/mol. The Morgan fingerprint density at radius 3 is 1.86 bits per heavy atom. The Balaban J connectivity index is 0.000000164. The fourth-order valence-electron chi connectivity index (χ4n) is 7.48. The van der Waals surface area contributed by atoms with Crippen LogP contribution in [0.4, 0.5) is 20.4 Å².